The van der Waals surface area contributed by atoms with E-state index >= 15 is 0 Å². The largest absolute Gasteiger partial charge is 0.495 e. The van der Waals surface area contributed by atoms with Gasteiger partial charge in [-0.3, -0.25) is 14.2 Å². The van der Waals surface area contributed by atoms with Crippen LogP contribution in [0.5, 0.6) is 5.75 Å². The highest BCUT2D eigenvalue weighted by Gasteiger charge is 2.25. The number of anilines is 2. The Morgan fingerprint density at radius 3 is 2.64 bits per heavy atom. The van der Waals surface area contributed by atoms with Crippen LogP contribution < -0.4 is 21.3 Å². The number of halogens is 1. The Bertz CT molecular complexity index is 1670. The van der Waals surface area contributed by atoms with E-state index in [9.17, 15) is 9.59 Å². The van der Waals surface area contributed by atoms with Crippen molar-refractivity contribution in [2.45, 2.75) is 12.5 Å². The summed E-state index contributed by atoms with van der Waals surface area (Å²) in [5.41, 5.74) is 8.35. The van der Waals surface area contributed by atoms with Gasteiger partial charge in [0.15, 0.2) is 0 Å². The first-order valence-corrected chi connectivity index (χ1v) is 12.2. The van der Waals surface area contributed by atoms with Crippen LogP contribution in [0.15, 0.2) is 90.2 Å². The van der Waals surface area contributed by atoms with Gasteiger partial charge in [0.1, 0.15) is 23.9 Å². The first-order valence-electron chi connectivity index (χ1n) is 11.8. The summed E-state index contributed by atoms with van der Waals surface area (Å²) in [5, 5.41) is 14.6. The Labute approximate surface area is 227 Å². The molecule has 0 aliphatic rings. The quantitative estimate of drug-likeness (QED) is 0.303. The first-order chi connectivity index (χ1) is 18.9. The number of benzene rings is 2. The van der Waals surface area contributed by atoms with E-state index in [-0.39, 0.29) is 12.2 Å². The van der Waals surface area contributed by atoms with Crippen LogP contribution in [0.1, 0.15) is 11.6 Å². The number of carbonyl (C=O) groups excluding carboxylic acids is 1. The van der Waals surface area contributed by atoms with Gasteiger partial charge in [0.25, 0.3) is 5.56 Å². The topological polar surface area (TPSA) is 143 Å². The Balaban J connectivity index is 1.61. The number of hydrogen-bond acceptors (Lipinski definition) is 8. The molecule has 0 saturated carbocycles. The van der Waals surface area contributed by atoms with E-state index in [1.165, 1.54) is 41.1 Å². The van der Waals surface area contributed by atoms with Gasteiger partial charge in [-0.1, -0.05) is 41.9 Å². The minimum atomic E-state index is -0.930. The smallest absolute Gasteiger partial charge is 0.252 e. The van der Waals surface area contributed by atoms with Gasteiger partial charge in [0.05, 0.1) is 24.7 Å². The molecule has 0 aliphatic heterocycles. The summed E-state index contributed by atoms with van der Waals surface area (Å²) in [6, 6.07) is 18.3. The molecule has 1 amide bonds. The second-order valence-electron chi connectivity index (χ2n) is 8.55. The number of pyridine rings is 2. The van der Waals surface area contributed by atoms with E-state index in [1.54, 1.807) is 30.3 Å². The van der Waals surface area contributed by atoms with E-state index in [0.717, 1.165) is 5.56 Å². The lowest BCUT2D eigenvalue weighted by Crippen LogP contribution is -2.34. The van der Waals surface area contributed by atoms with Gasteiger partial charge < -0.3 is 15.8 Å². The average molecular weight is 543 g/mol. The van der Waals surface area contributed by atoms with Gasteiger partial charge in [0, 0.05) is 34.8 Å². The maximum Gasteiger partial charge on any atom is 0.252 e. The summed E-state index contributed by atoms with van der Waals surface area (Å²) in [4.78, 5) is 31.2. The Morgan fingerprint density at radius 2 is 1.92 bits per heavy atom. The first kappa shape index (κ1) is 25.6. The van der Waals surface area contributed by atoms with Crippen molar-refractivity contribution >= 4 is 29.0 Å². The number of ether oxygens (including phenoxy) is 1. The number of nitrogens with two attached hydrogens (primary N) is 1. The number of methoxy groups -OCH3 is 1. The molecule has 3 N–H and O–H groups in total. The highest BCUT2D eigenvalue weighted by atomic mass is 35.5. The number of rotatable bonds is 8. The van der Waals surface area contributed by atoms with E-state index in [1.807, 2.05) is 30.3 Å². The van der Waals surface area contributed by atoms with E-state index in [4.69, 9.17) is 22.1 Å². The van der Waals surface area contributed by atoms with Crippen molar-refractivity contribution in [3.63, 3.8) is 0 Å². The van der Waals surface area contributed by atoms with Crippen LogP contribution >= 0.6 is 11.6 Å². The van der Waals surface area contributed by atoms with Gasteiger partial charge >= 0.3 is 0 Å². The molecule has 1 unspecified atom stereocenters. The second kappa shape index (κ2) is 11.2. The summed E-state index contributed by atoms with van der Waals surface area (Å²) < 4.78 is 8.50. The minimum Gasteiger partial charge on any atom is -0.495 e. The molecule has 0 spiro atoms. The van der Waals surface area contributed by atoms with Gasteiger partial charge in [0.2, 0.25) is 5.91 Å². The summed E-state index contributed by atoms with van der Waals surface area (Å²) in [7, 11) is 1.48. The summed E-state index contributed by atoms with van der Waals surface area (Å²) in [6.45, 7) is 0. The predicted molar refractivity (Wildman–Crippen MR) is 147 cm³/mol. The molecular formula is C27H23ClN8O3. The van der Waals surface area contributed by atoms with Gasteiger partial charge in [-0.2, -0.15) is 4.68 Å². The molecule has 2 aromatic carbocycles. The average Bonchev–Trinajstić information content (AvgIpc) is 3.48. The summed E-state index contributed by atoms with van der Waals surface area (Å²) >= 11 is 6.31. The molecule has 0 aliphatic carbocycles. The molecular weight excluding hydrogens is 520 g/mol. The fourth-order valence-corrected chi connectivity index (χ4v) is 4.41. The van der Waals surface area contributed by atoms with Crippen LogP contribution in [0.25, 0.3) is 16.8 Å². The van der Waals surface area contributed by atoms with E-state index in [0.29, 0.717) is 33.3 Å². The number of carbonyl (C=O) groups is 1. The van der Waals surface area contributed by atoms with Crippen LogP contribution in [0.2, 0.25) is 5.02 Å². The zero-order chi connectivity index (χ0) is 27.4. The van der Waals surface area contributed by atoms with Crippen molar-refractivity contribution in [1.29, 1.82) is 0 Å². The molecule has 11 nitrogen and oxygen atoms in total. The fourth-order valence-electron chi connectivity index (χ4n) is 4.23. The van der Waals surface area contributed by atoms with Crippen LogP contribution in [0, 0.1) is 0 Å². The monoisotopic (exact) mass is 542 g/mol. The normalized spacial score (nSPS) is 11.6. The van der Waals surface area contributed by atoms with Crippen molar-refractivity contribution in [1.82, 2.24) is 29.8 Å². The fraction of sp³-hybridized carbons (Fsp3) is 0.111. The standard InChI is InChI=1S/C27H23ClN8O3/c1-39-24-15-35(25(37)14-20(24)19-13-18(28)9-10-22(19)36-16-31-33-34-36)23(12-17-6-3-2-4-7-17)27(38)32-21-8-5-11-30-26(21)29/h2-11,13-16,23H,12H2,1H3,(H2,29,30)(H,32,38). The molecule has 5 rings (SSSR count). The van der Waals surface area contributed by atoms with Crippen LogP contribution in [0.3, 0.4) is 0 Å². The zero-order valence-corrected chi connectivity index (χ0v) is 21.5. The molecule has 0 radical (unpaired) electrons. The molecule has 196 valence electrons. The third kappa shape index (κ3) is 5.48. The van der Waals surface area contributed by atoms with Crippen molar-refractivity contribution in [3.8, 4) is 22.6 Å². The minimum absolute atomic E-state index is 0.167. The highest BCUT2D eigenvalue weighted by Crippen LogP contribution is 2.35. The maximum absolute atomic E-state index is 13.6. The number of tetrazole rings is 1. The molecule has 1 atom stereocenters. The number of aromatic nitrogens is 6. The van der Waals surface area contributed by atoms with Crippen molar-refractivity contribution in [2.24, 2.45) is 0 Å². The number of hydrogen-bond donors (Lipinski definition) is 2. The number of amides is 1. The van der Waals surface area contributed by atoms with E-state index in [2.05, 4.69) is 25.8 Å². The molecule has 0 saturated heterocycles. The molecule has 3 heterocycles. The predicted octanol–water partition coefficient (Wildman–Crippen LogP) is 3.55. The van der Waals surface area contributed by atoms with Crippen LogP contribution in [0.4, 0.5) is 11.5 Å². The number of nitrogen functional groups attached to an aromatic ring is 1. The van der Waals surface area contributed by atoms with Gasteiger partial charge in [-0.05, 0) is 46.3 Å². The second-order valence-corrected chi connectivity index (χ2v) is 8.98. The maximum atomic E-state index is 13.6. The lowest BCUT2D eigenvalue weighted by atomic mass is 10.0. The molecule has 3 aromatic heterocycles. The van der Waals surface area contributed by atoms with E-state index < -0.39 is 17.5 Å². The zero-order valence-electron chi connectivity index (χ0n) is 20.7. The molecule has 5 aromatic rings. The molecule has 39 heavy (non-hydrogen) atoms. The van der Waals surface area contributed by atoms with Crippen LogP contribution in [-0.4, -0.2) is 42.8 Å². The molecule has 0 bridgehead atoms. The SMILES string of the molecule is COc1cn(C(Cc2ccccc2)C(=O)Nc2cccnc2N)c(=O)cc1-c1cc(Cl)ccc1-n1cnnn1. The number of nitrogens with zero attached hydrogens (tertiary/aromatic N) is 6. The van der Waals surface area contributed by atoms with Gasteiger partial charge in [-0.25, -0.2) is 4.98 Å². The summed E-state index contributed by atoms with van der Waals surface area (Å²) in [6.07, 6.45) is 4.72. The Kier molecular flexibility index (Phi) is 7.32. The van der Waals surface area contributed by atoms with Crippen molar-refractivity contribution < 1.29 is 9.53 Å². The Morgan fingerprint density at radius 1 is 1.10 bits per heavy atom. The number of nitrogens with one attached hydrogen (secondary N) is 1. The third-order valence-corrected chi connectivity index (χ3v) is 6.35. The summed E-state index contributed by atoms with van der Waals surface area (Å²) in [5.74, 6) is 0.0752. The molecule has 12 heteroatoms. The molecule has 0 fully saturated rings. The van der Waals surface area contributed by atoms with Crippen LogP contribution in [-0.2, 0) is 11.2 Å². The lowest BCUT2D eigenvalue weighted by molar-refractivity contribution is -0.119. The Hall–Kier alpha value is -5.03. The lowest BCUT2D eigenvalue weighted by Gasteiger charge is -2.22. The van der Waals surface area contributed by atoms with Crippen molar-refractivity contribution in [3.05, 3.63) is 106 Å². The van der Waals surface area contributed by atoms with Crippen molar-refractivity contribution in [2.75, 3.05) is 18.2 Å². The van der Waals surface area contributed by atoms with Gasteiger partial charge in [-0.15, -0.1) is 5.10 Å². The third-order valence-electron chi connectivity index (χ3n) is 6.12. The highest BCUT2D eigenvalue weighted by molar-refractivity contribution is 6.31.